The highest BCUT2D eigenvalue weighted by atomic mass is 16.3. The molecule has 0 aromatic carbocycles. The van der Waals surface area contributed by atoms with E-state index in [0.29, 0.717) is 6.54 Å². The highest BCUT2D eigenvalue weighted by Crippen LogP contribution is 1.81. The smallest absolute Gasteiger partial charge is 0.140 e. The minimum atomic E-state index is -0.424. The first kappa shape index (κ1) is 6.95. The van der Waals surface area contributed by atoms with Gasteiger partial charge in [-0.3, -0.25) is 0 Å². The zero-order valence-electron chi connectivity index (χ0n) is 5.59. The van der Waals surface area contributed by atoms with E-state index in [-0.39, 0.29) is 0 Å². The van der Waals surface area contributed by atoms with Gasteiger partial charge in [-0.15, -0.1) is 0 Å². The van der Waals surface area contributed by atoms with E-state index < -0.39 is 6.23 Å². The maximum Gasteiger partial charge on any atom is 0.140 e. The Morgan fingerprint density at radius 2 is 2.67 bits per heavy atom. The molecule has 54 valence electrons. The van der Waals surface area contributed by atoms with E-state index in [4.69, 9.17) is 5.11 Å². The monoisotopic (exact) mass is 131 g/mol. The van der Waals surface area contributed by atoms with Crippen LogP contribution in [0.4, 0.5) is 0 Å². The van der Waals surface area contributed by atoms with Gasteiger partial charge in [0.05, 0.1) is 6.54 Å². The van der Waals surface area contributed by atoms with Crippen LogP contribution < -0.4 is 10.4 Å². The number of aliphatic hydroxyl groups is 1. The summed E-state index contributed by atoms with van der Waals surface area (Å²) in [6, 6.07) is 0. The molecular formula is C5H13N3O. The molecule has 0 bridgehead atoms. The van der Waals surface area contributed by atoms with E-state index in [2.05, 4.69) is 17.9 Å². The summed E-state index contributed by atoms with van der Waals surface area (Å²) in [4.78, 5) is 0. The lowest BCUT2D eigenvalue weighted by molar-refractivity contribution is -0.855. The van der Waals surface area contributed by atoms with E-state index in [0.717, 1.165) is 18.0 Å². The van der Waals surface area contributed by atoms with E-state index in [1.54, 1.807) is 0 Å². The molecule has 1 aliphatic heterocycles. The van der Waals surface area contributed by atoms with Crippen LogP contribution in [0.25, 0.3) is 5.53 Å². The van der Waals surface area contributed by atoms with E-state index in [1.807, 2.05) is 0 Å². The van der Waals surface area contributed by atoms with Crippen LogP contribution in [0.2, 0.25) is 0 Å². The Bertz CT molecular complexity index is 86.3. The fourth-order valence-electron chi connectivity index (χ4n) is 0.927. The second-order valence-corrected chi connectivity index (χ2v) is 2.28. The third-order valence-corrected chi connectivity index (χ3v) is 1.34. The zero-order chi connectivity index (χ0) is 6.69. The lowest BCUT2D eigenvalue weighted by Crippen LogP contribution is -3.06. The molecular weight excluding hydrogens is 118 g/mol. The second-order valence-electron chi connectivity index (χ2n) is 2.28. The molecule has 1 heterocycles. The molecule has 0 aromatic heterocycles. The van der Waals surface area contributed by atoms with Crippen molar-refractivity contribution in [3.05, 3.63) is 5.53 Å². The zero-order valence-corrected chi connectivity index (χ0v) is 5.59. The summed E-state index contributed by atoms with van der Waals surface area (Å²) in [6.07, 6.45) is 0.680. The normalized spacial score (nSPS) is 35.3. The molecule has 1 saturated heterocycles. The van der Waals surface area contributed by atoms with Crippen LogP contribution in [0.1, 0.15) is 13.3 Å². The third kappa shape index (κ3) is 1.91. The molecule has 0 amide bonds. The van der Waals surface area contributed by atoms with Gasteiger partial charge in [0.2, 0.25) is 0 Å². The van der Waals surface area contributed by atoms with Gasteiger partial charge in [0.25, 0.3) is 0 Å². The average molecular weight is 131 g/mol. The van der Waals surface area contributed by atoms with Gasteiger partial charge >= 0.3 is 0 Å². The van der Waals surface area contributed by atoms with Crippen LogP contribution in [-0.2, 0) is 0 Å². The average Bonchev–Trinajstić information content (AvgIpc) is 2.17. The lowest BCUT2D eigenvalue weighted by Gasteiger charge is -2.20. The molecule has 4 heteroatoms. The predicted octanol–water partition coefficient (Wildman–Crippen LogP) is -1.59. The van der Waals surface area contributed by atoms with Crippen molar-refractivity contribution in [1.82, 2.24) is 5.43 Å². The van der Waals surface area contributed by atoms with Crippen molar-refractivity contribution in [3.63, 3.8) is 0 Å². The number of aliphatic hydroxyl groups excluding tert-OH is 1. The summed E-state index contributed by atoms with van der Waals surface area (Å²) >= 11 is 0. The fraction of sp³-hybridized carbons (Fsp3) is 1.00. The van der Waals surface area contributed by atoms with Gasteiger partial charge in [-0.2, -0.15) is 0 Å². The Kier molecular flexibility index (Phi) is 2.41. The topological polar surface area (TPSA) is 50.8 Å². The first-order valence-corrected chi connectivity index (χ1v) is 3.32. The van der Waals surface area contributed by atoms with Crippen LogP contribution >= 0.6 is 0 Å². The van der Waals surface area contributed by atoms with E-state index in [1.165, 1.54) is 0 Å². The molecule has 2 unspecified atom stereocenters. The first-order valence-electron chi connectivity index (χ1n) is 3.32. The number of hydrogen-bond acceptors (Lipinski definition) is 2. The minimum absolute atomic E-state index is 0.424. The standard InChI is InChI=1S/C5H13N3O/c1-2-3-8-4-5(9)6-7-8/h5-6,8-9H,2-4H2,1H3. The van der Waals surface area contributed by atoms with E-state index >= 15 is 0 Å². The summed E-state index contributed by atoms with van der Waals surface area (Å²) in [5, 5.41) is 9.99. The van der Waals surface area contributed by atoms with Crippen molar-refractivity contribution < 1.29 is 10.1 Å². The van der Waals surface area contributed by atoms with Crippen molar-refractivity contribution in [2.45, 2.75) is 19.6 Å². The number of quaternary nitrogens is 1. The van der Waals surface area contributed by atoms with Crippen molar-refractivity contribution in [2.75, 3.05) is 13.1 Å². The summed E-state index contributed by atoms with van der Waals surface area (Å²) in [5.74, 6) is 0. The van der Waals surface area contributed by atoms with Gasteiger partial charge < -0.3 is 21.1 Å². The quantitative estimate of drug-likeness (QED) is 0.423. The Balaban J connectivity index is 2.14. The molecule has 0 spiro atoms. The highest BCUT2D eigenvalue weighted by molar-refractivity contribution is 4.62. The Morgan fingerprint density at radius 3 is 3.11 bits per heavy atom. The Morgan fingerprint density at radius 1 is 1.89 bits per heavy atom. The van der Waals surface area contributed by atoms with Crippen LogP contribution in [0.15, 0.2) is 0 Å². The number of nitrogens with zero attached hydrogens (tertiary/aromatic N) is 1. The largest absolute Gasteiger partial charge is 0.389 e. The van der Waals surface area contributed by atoms with E-state index in [9.17, 15) is 0 Å². The van der Waals surface area contributed by atoms with Crippen molar-refractivity contribution >= 4 is 0 Å². The van der Waals surface area contributed by atoms with Gasteiger partial charge in [-0.05, 0) is 6.42 Å². The van der Waals surface area contributed by atoms with Crippen molar-refractivity contribution in [3.8, 4) is 0 Å². The van der Waals surface area contributed by atoms with Crippen LogP contribution in [0.5, 0.6) is 0 Å². The maximum atomic E-state index is 8.90. The number of nitrogens with one attached hydrogen (secondary N) is 2. The van der Waals surface area contributed by atoms with Gasteiger partial charge in [0.15, 0.2) is 0 Å². The van der Waals surface area contributed by atoms with Crippen molar-refractivity contribution in [2.24, 2.45) is 0 Å². The fourth-order valence-corrected chi connectivity index (χ4v) is 0.927. The summed E-state index contributed by atoms with van der Waals surface area (Å²) in [5.41, 5.74) is 6.52. The molecule has 1 fully saturated rings. The summed E-state index contributed by atoms with van der Waals surface area (Å²) in [6.45, 7) is 3.81. The van der Waals surface area contributed by atoms with Gasteiger partial charge in [-0.1, -0.05) is 6.92 Å². The lowest BCUT2D eigenvalue weighted by atomic mass is 10.4. The molecule has 3 N–H and O–H groups in total. The summed E-state index contributed by atoms with van der Waals surface area (Å²) in [7, 11) is 0. The summed E-state index contributed by atoms with van der Waals surface area (Å²) < 4.78 is 0. The van der Waals surface area contributed by atoms with Crippen LogP contribution in [0.3, 0.4) is 0 Å². The molecule has 0 radical (unpaired) electrons. The molecule has 1 rings (SSSR count). The first-order chi connectivity index (χ1) is 4.33. The Labute approximate surface area is 54.8 Å². The molecule has 4 nitrogen and oxygen atoms in total. The van der Waals surface area contributed by atoms with Crippen LogP contribution in [-0.4, -0.2) is 24.4 Å². The molecule has 0 saturated carbocycles. The molecule has 0 aliphatic carbocycles. The minimum Gasteiger partial charge on any atom is -0.389 e. The SMILES string of the molecule is CCC[NH+]1CC(O)N[N-]1. The molecule has 1 aliphatic rings. The third-order valence-electron chi connectivity index (χ3n) is 1.34. The van der Waals surface area contributed by atoms with Crippen LogP contribution in [0, 0.1) is 0 Å². The molecule has 9 heavy (non-hydrogen) atoms. The number of hydrogen-bond donors (Lipinski definition) is 3. The molecule has 0 aromatic rings. The van der Waals surface area contributed by atoms with Gasteiger partial charge in [-0.25, -0.2) is 0 Å². The Hall–Kier alpha value is -0.160. The number of rotatable bonds is 2. The maximum absolute atomic E-state index is 8.90. The van der Waals surface area contributed by atoms with Gasteiger partial charge in [0, 0.05) is 0 Å². The van der Waals surface area contributed by atoms with Crippen molar-refractivity contribution in [1.29, 1.82) is 0 Å². The second kappa shape index (κ2) is 3.12. The highest BCUT2D eigenvalue weighted by Gasteiger charge is 2.12. The predicted molar refractivity (Wildman–Crippen MR) is 33.5 cm³/mol. The van der Waals surface area contributed by atoms with Gasteiger partial charge in [0.1, 0.15) is 12.8 Å². The molecule has 2 atom stereocenters.